The van der Waals surface area contributed by atoms with Crippen molar-refractivity contribution >= 4 is 21.6 Å². The topological polar surface area (TPSA) is 76.3 Å². The SMILES string of the molecule is CN(Cc1nc(-c2ccc(C(C)(C)C)cc2)no1)S(=O)(=O)Cc1c(F)cccc1Cl. The zero-order valence-corrected chi connectivity index (χ0v) is 18.8. The van der Waals surface area contributed by atoms with Gasteiger partial charge in [-0.15, -0.1) is 0 Å². The monoisotopic (exact) mass is 451 g/mol. The number of hydrogen-bond acceptors (Lipinski definition) is 5. The minimum absolute atomic E-state index is 0.0269. The quantitative estimate of drug-likeness (QED) is 0.538. The molecule has 0 bridgehead atoms. The highest BCUT2D eigenvalue weighted by molar-refractivity contribution is 7.88. The lowest BCUT2D eigenvalue weighted by molar-refractivity contribution is 0.336. The Labute approximate surface area is 180 Å². The molecule has 9 heteroatoms. The fraction of sp³-hybridized carbons (Fsp3) is 0.333. The number of nitrogens with zero attached hydrogens (tertiary/aromatic N) is 3. The molecule has 3 aromatic rings. The van der Waals surface area contributed by atoms with Crippen LogP contribution in [0.5, 0.6) is 0 Å². The van der Waals surface area contributed by atoms with Gasteiger partial charge in [-0.2, -0.15) is 9.29 Å². The van der Waals surface area contributed by atoms with Gasteiger partial charge in [-0.05, 0) is 23.1 Å². The first kappa shape index (κ1) is 22.4. The third kappa shape index (κ3) is 5.06. The molecule has 0 radical (unpaired) electrons. The maximum atomic E-state index is 14.0. The molecule has 0 atom stereocenters. The molecule has 0 aliphatic carbocycles. The van der Waals surface area contributed by atoms with E-state index in [1.54, 1.807) is 0 Å². The van der Waals surface area contributed by atoms with Crippen molar-refractivity contribution in [3.63, 3.8) is 0 Å². The predicted octanol–water partition coefficient (Wildman–Crippen LogP) is 4.79. The van der Waals surface area contributed by atoms with Gasteiger partial charge in [-0.3, -0.25) is 0 Å². The van der Waals surface area contributed by atoms with E-state index >= 15 is 0 Å². The molecule has 0 unspecified atom stereocenters. The molecule has 6 nitrogen and oxygen atoms in total. The molecule has 0 N–H and O–H groups in total. The van der Waals surface area contributed by atoms with Gasteiger partial charge in [-0.1, -0.05) is 67.9 Å². The molecule has 0 fully saturated rings. The summed E-state index contributed by atoms with van der Waals surface area (Å²) in [5, 5.41) is 4.00. The van der Waals surface area contributed by atoms with Gasteiger partial charge in [-0.25, -0.2) is 12.8 Å². The van der Waals surface area contributed by atoms with Crippen LogP contribution in [-0.4, -0.2) is 29.9 Å². The van der Waals surface area contributed by atoms with Crippen molar-refractivity contribution in [2.45, 2.75) is 38.5 Å². The molecule has 0 saturated heterocycles. The van der Waals surface area contributed by atoms with E-state index in [2.05, 4.69) is 30.9 Å². The van der Waals surface area contributed by atoms with E-state index < -0.39 is 21.6 Å². The molecule has 0 saturated carbocycles. The summed E-state index contributed by atoms with van der Waals surface area (Å²) in [6.07, 6.45) is 0. The lowest BCUT2D eigenvalue weighted by Crippen LogP contribution is -2.28. The van der Waals surface area contributed by atoms with Crippen LogP contribution in [0.15, 0.2) is 47.0 Å². The number of aromatic nitrogens is 2. The van der Waals surface area contributed by atoms with Gasteiger partial charge in [0.2, 0.25) is 21.7 Å². The van der Waals surface area contributed by atoms with Gasteiger partial charge in [0, 0.05) is 23.2 Å². The molecule has 0 aliphatic heterocycles. The van der Waals surface area contributed by atoms with E-state index in [0.29, 0.717) is 5.82 Å². The highest BCUT2D eigenvalue weighted by Gasteiger charge is 2.24. The Bertz CT molecular complexity index is 1120. The Kier molecular flexibility index (Phi) is 6.31. The number of sulfonamides is 1. The van der Waals surface area contributed by atoms with Gasteiger partial charge in [0.25, 0.3) is 0 Å². The first-order chi connectivity index (χ1) is 14.0. The second-order valence-corrected chi connectivity index (χ2v) is 10.5. The van der Waals surface area contributed by atoms with Crippen LogP contribution in [0.3, 0.4) is 0 Å². The molecular formula is C21H23ClFN3O3S. The maximum Gasteiger partial charge on any atom is 0.242 e. The van der Waals surface area contributed by atoms with Crippen molar-refractivity contribution in [3.05, 3.63) is 70.3 Å². The largest absolute Gasteiger partial charge is 0.338 e. The fourth-order valence-electron chi connectivity index (χ4n) is 2.81. The smallest absolute Gasteiger partial charge is 0.242 e. The van der Waals surface area contributed by atoms with Crippen molar-refractivity contribution in [1.82, 2.24) is 14.4 Å². The van der Waals surface area contributed by atoms with Crippen molar-refractivity contribution in [3.8, 4) is 11.4 Å². The second kappa shape index (κ2) is 8.45. The molecule has 2 aromatic carbocycles. The summed E-state index contributed by atoms with van der Waals surface area (Å²) < 4.78 is 45.5. The summed E-state index contributed by atoms with van der Waals surface area (Å²) in [4.78, 5) is 4.28. The number of halogens is 2. The normalized spacial score (nSPS) is 12.5. The van der Waals surface area contributed by atoms with E-state index in [1.807, 2.05) is 24.3 Å². The molecule has 3 rings (SSSR count). The van der Waals surface area contributed by atoms with E-state index in [-0.39, 0.29) is 28.4 Å². The van der Waals surface area contributed by atoms with Crippen LogP contribution in [0.1, 0.15) is 37.8 Å². The summed E-state index contributed by atoms with van der Waals surface area (Å²) in [5.74, 6) is -0.730. The number of hydrogen-bond donors (Lipinski definition) is 0. The zero-order chi connectivity index (χ0) is 22.1. The van der Waals surface area contributed by atoms with Crippen LogP contribution in [0.25, 0.3) is 11.4 Å². The minimum atomic E-state index is -3.85. The van der Waals surface area contributed by atoms with Gasteiger partial charge < -0.3 is 4.52 Å². The van der Waals surface area contributed by atoms with Crippen LogP contribution in [0.2, 0.25) is 5.02 Å². The van der Waals surface area contributed by atoms with Gasteiger partial charge in [0.15, 0.2) is 0 Å². The van der Waals surface area contributed by atoms with Gasteiger partial charge in [0.05, 0.1) is 12.3 Å². The van der Waals surface area contributed by atoms with E-state index in [1.165, 1.54) is 30.8 Å². The van der Waals surface area contributed by atoms with Crippen molar-refractivity contribution in [2.24, 2.45) is 0 Å². The van der Waals surface area contributed by atoms with E-state index in [9.17, 15) is 12.8 Å². The van der Waals surface area contributed by atoms with Crippen LogP contribution < -0.4 is 0 Å². The summed E-state index contributed by atoms with van der Waals surface area (Å²) in [7, 11) is -2.49. The highest BCUT2D eigenvalue weighted by Crippen LogP contribution is 2.26. The Morgan fingerprint density at radius 2 is 1.80 bits per heavy atom. The fourth-order valence-corrected chi connectivity index (χ4v) is 4.30. The standard InChI is InChI=1S/C21H23ClFN3O3S/c1-21(2,3)15-10-8-14(9-11-15)20-24-19(29-25-20)12-26(4)30(27,28)13-16-17(22)6-5-7-18(16)23/h5-11H,12-13H2,1-4H3. The maximum absolute atomic E-state index is 14.0. The molecule has 160 valence electrons. The molecule has 0 spiro atoms. The van der Waals surface area contributed by atoms with Crippen LogP contribution in [0.4, 0.5) is 4.39 Å². The molecule has 30 heavy (non-hydrogen) atoms. The Hall–Kier alpha value is -2.29. The third-order valence-electron chi connectivity index (χ3n) is 4.70. The first-order valence-electron chi connectivity index (χ1n) is 9.28. The zero-order valence-electron chi connectivity index (χ0n) is 17.2. The van der Waals surface area contributed by atoms with Crippen LogP contribution in [-0.2, 0) is 27.7 Å². The molecule has 1 heterocycles. The predicted molar refractivity (Wildman–Crippen MR) is 114 cm³/mol. The van der Waals surface area contributed by atoms with E-state index in [4.69, 9.17) is 16.1 Å². The first-order valence-corrected chi connectivity index (χ1v) is 11.3. The van der Waals surface area contributed by atoms with Crippen molar-refractivity contribution in [1.29, 1.82) is 0 Å². The minimum Gasteiger partial charge on any atom is -0.338 e. The lowest BCUT2D eigenvalue weighted by atomic mass is 9.87. The van der Waals surface area contributed by atoms with Gasteiger partial charge in [0.1, 0.15) is 5.82 Å². The van der Waals surface area contributed by atoms with Crippen LogP contribution in [0, 0.1) is 5.82 Å². The number of rotatable bonds is 6. The Morgan fingerprint density at radius 1 is 1.13 bits per heavy atom. The molecule has 0 aliphatic rings. The van der Waals surface area contributed by atoms with Gasteiger partial charge >= 0.3 is 0 Å². The molecular weight excluding hydrogens is 429 g/mol. The average molecular weight is 452 g/mol. The van der Waals surface area contributed by atoms with Crippen molar-refractivity contribution < 1.29 is 17.3 Å². The van der Waals surface area contributed by atoms with Crippen LogP contribution >= 0.6 is 11.6 Å². The van der Waals surface area contributed by atoms with E-state index in [0.717, 1.165) is 9.87 Å². The van der Waals surface area contributed by atoms with Crippen molar-refractivity contribution in [2.75, 3.05) is 7.05 Å². The average Bonchev–Trinajstić information content (AvgIpc) is 3.13. The summed E-state index contributed by atoms with van der Waals surface area (Å²) in [5.41, 5.74) is 1.89. The Morgan fingerprint density at radius 3 is 2.40 bits per heavy atom. The third-order valence-corrected chi connectivity index (χ3v) is 6.78. The second-order valence-electron chi connectivity index (χ2n) is 8.05. The highest BCUT2D eigenvalue weighted by atomic mass is 35.5. The lowest BCUT2D eigenvalue weighted by Gasteiger charge is -2.18. The molecule has 0 amide bonds. The Balaban J connectivity index is 1.73. The summed E-state index contributed by atoms with van der Waals surface area (Å²) in [6, 6.07) is 11.8. The summed E-state index contributed by atoms with van der Waals surface area (Å²) in [6.45, 7) is 6.24. The summed E-state index contributed by atoms with van der Waals surface area (Å²) >= 11 is 5.95. The molecule has 1 aromatic heterocycles. The number of benzene rings is 2.